The van der Waals surface area contributed by atoms with Gasteiger partial charge in [-0.15, -0.1) is 12.4 Å². The highest BCUT2D eigenvalue weighted by molar-refractivity contribution is 6.00. The van der Waals surface area contributed by atoms with E-state index in [1.54, 1.807) is 6.20 Å². The van der Waals surface area contributed by atoms with Gasteiger partial charge in [0, 0.05) is 30.3 Å². The predicted octanol–water partition coefficient (Wildman–Crippen LogP) is 4.55. The fraction of sp³-hybridized carbons (Fsp3) is 0.333. The maximum Gasteiger partial charge on any atom is 0.254 e. The molecule has 2 aliphatic rings. The zero-order chi connectivity index (χ0) is 20.0. The van der Waals surface area contributed by atoms with Crippen LogP contribution in [0.25, 0.3) is 22.8 Å². The van der Waals surface area contributed by atoms with E-state index in [1.165, 1.54) is 5.56 Å². The van der Waals surface area contributed by atoms with Crippen LogP contribution in [0.4, 0.5) is 0 Å². The van der Waals surface area contributed by atoms with E-state index < -0.39 is 0 Å². The second-order valence-electron chi connectivity index (χ2n) is 8.32. The summed E-state index contributed by atoms with van der Waals surface area (Å²) in [4.78, 5) is 19.7. The number of halogens is 1. The molecule has 3 atom stereocenters. The van der Waals surface area contributed by atoms with Crippen molar-refractivity contribution < 1.29 is 9.21 Å². The van der Waals surface area contributed by atoms with Crippen LogP contribution in [0, 0.1) is 18.8 Å². The molecule has 2 heterocycles. The van der Waals surface area contributed by atoms with Crippen molar-refractivity contribution in [1.82, 2.24) is 9.88 Å². The average molecular weight is 424 g/mol. The summed E-state index contributed by atoms with van der Waals surface area (Å²) in [6, 6.07) is 15.9. The normalized spacial score (nSPS) is 22.6. The zero-order valence-corrected chi connectivity index (χ0v) is 17.8. The van der Waals surface area contributed by atoms with E-state index in [9.17, 15) is 4.79 Å². The van der Waals surface area contributed by atoms with Gasteiger partial charge in [0.1, 0.15) is 0 Å². The molecule has 1 saturated carbocycles. The first-order valence-corrected chi connectivity index (χ1v) is 10.3. The van der Waals surface area contributed by atoms with E-state index in [-0.39, 0.29) is 24.4 Å². The van der Waals surface area contributed by atoms with Crippen LogP contribution in [0.1, 0.15) is 28.8 Å². The summed E-state index contributed by atoms with van der Waals surface area (Å²) in [5.74, 6) is 2.18. The number of fused-ring (bicyclic) bond motifs is 1. The molecule has 0 spiro atoms. The molecule has 1 aromatic heterocycles. The van der Waals surface area contributed by atoms with E-state index in [4.69, 9.17) is 10.2 Å². The molecule has 1 saturated heterocycles. The van der Waals surface area contributed by atoms with Gasteiger partial charge in [0.05, 0.1) is 11.8 Å². The van der Waals surface area contributed by atoms with Crippen molar-refractivity contribution >= 4 is 18.3 Å². The van der Waals surface area contributed by atoms with Crippen LogP contribution in [-0.2, 0) is 0 Å². The zero-order valence-electron chi connectivity index (χ0n) is 17.0. The van der Waals surface area contributed by atoms with E-state index >= 15 is 0 Å². The van der Waals surface area contributed by atoms with Gasteiger partial charge in [-0.1, -0.05) is 42.0 Å². The third kappa shape index (κ3) is 3.64. The van der Waals surface area contributed by atoms with E-state index in [0.717, 1.165) is 37.1 Å². The van der Waals surface area contributed by atoms with Gasteiger partial charge in [0.2, 0.25) is 5.89 Å². The molecule has 30 heavy (non-hydrogen) atoms. The second kappa shape index (κ2) is 8.25. The number of nitrogens with zero attached hydrogens (tertiary/aromatic N) is 2. The number of amides is 1. The van der Waals surface area contributed by atoms with E-state index in [0.29, 0.717) is 29.1 Å². The third-order valence-corrected chi connectivity index (χ3v) is 6.43. The van der Waals surface area contributed by atoms with Gasteiger partial charge in [0.25, 0.3) is 5.91 Å². The molecule has 5 nitrogen and oxygen atoms in total. The maximum atomic E-state index is 13.3. The van der Waals surface area contributed by atoms with E-state index in [1.807, 2.05) is 53.4 Å². The van der Waals surface area contributed by atoms with Crippen molar-refractivity contribution in [3.05, 3.63) is 65.9 Å². The number of rotatable bonds is 3. The van der Waals surface area contributed by atoms with Gasteiger partial charge in [0.15, 0.2) is 5.76 Å². The van der Waals surface area contributed by atoms with Crippen LogP contribution >= 0.6 is 12.4 Å². The number of carbonyl (C=O) groups excluding carboxylic acids is 1. The summed E-state index contributed by atoms with van der Waals surface area (Å²) in [7, 11) is 0. The van der Waals surface area contributed by atoms with E-state index in [2.05, 4.69) is 11.9 Å². The molecule has 0 radical (unpaired) electrons. The van der Waals surface area contributed by atoms with Gasteiger partial charge >= 0.3 is 0 Å². The Balaban J connectivity index is 0.00000218. The quantitative estimate of drug-likeness (QED) is 0.670. The molecule has 3 aromatic rings. The molecule has 2 fully saturated rings. The molecule has 5 rings (SSSR count). The van der Waals surface area contributed by atoms with Gasteiger partial charge in [-0.25, -0.2) is 4.98 Å². The molecule has 156 valence electrons. The van der Waals surface area contributed by atoms with Crippen LogP contribution in [-0.4, -0.2) is 34.9 Å². The Morgan fingerprint density at radius 2 is 1.87 bits per heavy atom. The lowest BCUT2D eigenvalue weighted by Crippen LogP contribution is -2.33. The molecule has 6 heteroatoms. The highest BCUT2D eigenvalue weighted by Gasteiger charge is 2.42. The summed E-state index contributed by atoms with van der Waals surface area (Å²) >= 11 is 0. The minimum atomic E-state index is 0. The van der Waals surface area contributed by atoms with Crippen molar-refractivity contribution in [2.24, 2.45) is 17.6 Å². The smallest absolute Gasteiger partial charge is 0.254 e. The minimum Gasteiger partial charge on any atom is -0.436 e. The average Bonchev–Trinajstić information content (AvgIpc) is 3.46. The predicted molar refractivity (Wildman–Crippen MR) is 119 cm³/mol. The fourth-order valence-electron chi connectivity index (χ4n) is 4.75. The Morgan fingerprint density at radius 3 is 2.63 bits per heavy atom. The molecular formula is C24H26ClN3O2. The Kier molecular flexibility index (Phi) is 5.67. The number of benzene rings is 2. The largest absolute Gasteiger partial charge is 0.436 e. The highest BCUT2D eigenvalue weighted by atomic mass is 35.5. The standard InChI is InChI=1S/C24H25N3O2.ClH/c1-15-6-8-16(9-7-15)22-12-26-23(29-22)18-4-2-3-5-19(18)24(28)27-13-17-10-11-21(25)20(17)14-27;/h2-9,12,17,20-21H,10-11,13-14,25H2,1H3;1H. The van der Waals surface area contributed by atoms with Gasteiger partial charge < -0.3 is 15.1 Å². The summed E-state index contributed by atoms with van der Waals surface area (Å²) in [5.41, 5.74) is 9.78. The Hall–Kier alpha value is -2.63. The summed E-state index contributed by atoms with van der Waals surface area (Å²) < 4.78 is 6.04. The molecule has 2 aromatic carbocycles. The molecule has 3 unspecified atom stereocenters. The lowest BCUT2D eigenvalue weighted by molar-refractivity contribution is 0.0780. The SMILES string of the molecule is Cc1ccc(-c2cnc(-c3ccccc3C(=O)N3CC4CCC(N)C4C3)o2)cc1.Cl. The number of aryl methyl sites for hydroxylation is 1. The van der Waals surface area contributed by atoms with Crippen molar-refractivity contribution in [1.29, 1.82) is 0 Å². The van der Waals surface area contributed by atoms with Crippen molar-refractivity contribution in [2.75, 3.05) is 13.1 Å². The molecule has 2 N–H and O–H groups in total. The molecule has 1 aliphatic carbocycles. The maximum absolute atomic E-state index is 13.3. The van der Waals surface area contributed by atoms with Crippen molar-refractivity contribution in [2.45, 2.75) is 25.8 Å². The number of likely N-dealkylation sites (tertiary alicyclic amines) is 1. The Labute approximate surface area is 182 Å². The van der Waals surface area contributed by atoms with Gasteiger partial charge in [-0.3, -0.25) is 4.79 Å². The number of nitrogens with two attached hydrogens (primary N) is 1. The number of aromatic nitrogens is 1. The molecule has 1 aliphatic heterocycles. The topological polar surface area (TPSA) is 72.4 Å². The first-order chi connectivity index (χ1) is 14.1. The number of oxazole rings is 1. The second-order valence-corrected chi connectivity index (χ2v) is 8.32. The minimum absolute atomic E-state index is 0. The highest BCUT2D eigenvalue weighted by Crippen LogP contribution is 2.38. The van der Waals surface area contributed by atoms with Gasteiger partial charge in [-0.05, 0) is 43.7 Å². The first-order valence-electron chi connectivity index (χ1n) is 10.3. The Bertz CT molecular complexity index is 1050. The number of carbonyl (C=O) groups is 1. The third-order valence-electron chi connectivity index (χ3n) is 6.43. The summed E-state index contributed by atoms with van der Waals surface area (Å²) in [6.45, 7) is 3.60. The van der Waals surface area contributed by atoms with Crippen LogP contribution in [0.2, 0.25) is 0 Å². The number of hydrogen-bond acceptors (Lipinski definition) is 4. The summed E-state index contributed by atoms with van der Waals surface area (Å²) in [6.07, 6.45) is 3.92. The van der Waals surface area contributed by atoms with Crippen molar-refractivity contribution in [3.8, 4) is 22.8 Å². The van der Waals surface area contributed by atoms with Crippen LogP contribution in [0.3, 0.4) is 0 Å². The first kappa shape index (κ1) is 20.6. The number of hydrogen-bond donors (Lipinski definition) is 1. The van der Waals surface area contributed by atoms with Gasteiger partial charge in [-0.2, -0.15) is 0 Å². The van der Waals surface area contributed by atoms with Crippen LogP contribution in [0.5, 0.6) is 0 Å². The van der Waals surface area contributed by atoms with Crippen LogP contribution < -0.4 is 5.73 Å². The fourth-order valence-corrected chi connectivity index (χ4v) is 4.75. The van der Waals surface area contributed by atoms with Crippen molar-refractivity contribution in [3.63, 3.8) is 0 Å². The molecule has 1 amide bonds. The lowest BCUT2D eigenvalue weighted by Gasteiger charge is -2.19. The summed E-state index contributed by atoms with van der Waals surface area (Å²) in [5, 5.41) is 0. The molecule has 0 bridgehead atoms. The Morgan fingerprint density at radius 1 is 1.10 bits per heavy atom. The molecular weight excluding hydrogens is 398 g/mol. The lowest BCUT2D eigenvalue weighted by atomic mass is 9.98. The monoisotopic (exact) mass is 423 g/mol. The van der Waals surface area contributed by atoms with Crippen LogP contribution in [0.15, 0.2) is 59.1 Å².